The minimum Gasteiger partial charge on any atom is -0.378 e. The highest BCUT2D eigenvalue weighted by Crippen LogP contribution is 2.17. The number of nitrogen functional groups attached to an aromatic ring is 1. The molecule has 7 heteroatoms. The second-order valence-electron chi connectivity index (χ2n) is 3.55. The van der Waals surface area contributed by atoms with Crippen molar-refractivity contribution in [2.45, 2.75) is 6.61 Å². The molecule has 0 bridgehead atoms. The van der Waals surface area contributed by atoms with Crippen molar-refractivity contribution in [3.63, 3.8) is 0 Å². The van der Waals surface area contributed by atoms with Gasteiger partial charge in [0.15, 0.2) is 5.82 Å². The third-order valence-electron chi connectivity index (χ3n) is 2.18. The molecule has 0 atom stereocenters. The zero-order chi connectivity index (χ0) is 12.3. The van der Waals surface area contributed by atoms with Crippen LogP contribution < -0.4 is 11.3 Å². The molecule has 2 aromatic rings. The van der Waals surface area contributed by atoms with E-state index in [1.165, 1.54) is 0 Å². The van der Waals surface area contributed by atoms with E-state index in [-0.39, 0.29) is 0 Å². The quantitative estimate of drug-likeness (QED) is 0.584. The summed E-state index contributed by atoms with van der Waals surface area (Å²) in [5.74, 6) is 6.48. The van der Waals surface area contributed by atoms with Crippen LogP contribution in [0.15, 0.2) is 18.5 Å². The second kappa shape index (κ2) is 4.89. The lowest BCUT2D eigenvalue weighted by atomic mass is 10.3. The van der Waals surface area contributed by atoms with Crippen LogP contribution in [0.2, 0.25) is 0 Å². The van der Waals surface area contributed by atoms with Crippen LogP contribution in [0.4, 0.5) is 5.82 Å². The van der Waals surface area contributed by atoms with Crippen molar-refractivity contribution in [1.82, 2.24) is 19.7 Å². The Morgan fingerprint density at radius 1 is 1.47 bits per heavy atom. The van der Waals surface area contributed by atoms with Gasteiger partial charge in [0, 0.05) is 26.4 Å². The first-order valence-corrected chi connectivity index (χ1v) is 5.05. The summed E-state index contributed by atoms with van der Waals surface area (Å²) in [6, 6.07) is 1.74. The number of hydrazine groups is 1. The van der Waals surface area contributed by atoms with Crippen molar-refractivity contribution < 1.29 is 4.74 Å². The highest BCUT2D eigenvalue weighted by molar-refractivity contribution is 5.55. The van der Waals surface area contributed by atoms with Gasteiger partial charge in [-0.15, -0.1) is 0 Å². The topological polar surface area (TPSA) is 90.9 Å². The van der Waals surface area contributed by atoms with E-state index < -0.39 is 0 Å². The van der Waals surface area contributed by atoms with Gasteiger partial charge in [-0.05, 0) is 0 Å². The number of hydrogen-bond donors (Lipinski definition) is 2. The summed E-state index contributed by atoms with van der Waals surface area (Å²) < 4.78 is 6.74. The number of nitrogens with two attached hydrogens (primary N) is 1. The lowest BCUT2D eigenvalue weighted by Crippen LogP contribution is -2.10. The van der Waals surface area contributed by atoms with Gasteiger partial charge in [0.1, 0.15) is 5.82 Å². The number of aromatic nitrogens is 4. The van der Waals surface area contributed by atoms with E-state index in [4.69, 9.17) is 10.6 Å². The first-order chi connectivity index (χ1) is 8.22. The molecule has 0 aliphatic rings. The summed E-state index contributed by atoms with van der Waals surface area (Å²) >= 11 is 0. The molecule has 2 heterocycles. The van der Waals surface area contributed by atoms with Crippen LogP contribution in [-0.4, -0.2) is 26.9 Å². The minimum atomic E-state index is 0.407. The summed E-state index contributed by atoms with van der Waals surface area (Å²) in [6.07, 6.45) is 3.54. The molecule has 0 aliphatic carbocycles. The van der Waals surface area contributed by atoms with Crippen LogP contribution in [0, 0.1) is 0 Å². The Bertz CT molecular complexity index is 509. The molecule has 0 spiro atoms. The summed E-state index contributed by atoms with van der Waals surface area (Å²) in [4.78, 5) is 8.63. The molecule has 2 aromatic heterocycles. The van der Waals surface area contributed by atoms with Gasteiger partial charge < -0.3 is 10.2 Å². The predicted octanol–water partition coefficient (Wildman–Crippen LogP) is 0.309. The Morgan fingerprint density at radius 2 is 2.29 bits per heavy atom. The lowest BCUT2D eigenvalue weighted by molar-refractivity contribution is 0.181. The fraction of sp³-hybridized carbons (Fsp3) is 0.300. The van der Waals surface area contributed by atoms with E-state index in [1.54, 1.807) is 24.1 Å². The second-order valence-corrected chi connectivity index (χ2v) is 3.55. The fourth-order valence-corrected chi connectivity index (χ4v) is 1.46. The van der Waals surface area contributed by atoms with E-state index in [9.17, 15) is 0 Å². The van der Waals surface area contributed by atoms with E-state index in [2.05, 4.69) is 20.5 Å². The number of nitrogens with one attached hydrogen (secondary N) is 1. The number of rotatable bonds is 4. The number of anilines is 1. The Labute approximate surface area is 98.6 Å². The summed E-state index contributed by atoms with van der Waals surface area (Å²) in [5, 5.41) is 4.08. The number of hydrogen-bond acceptors (Lipinski definition) is 6. The SMILES string of the molecule is COCc1cc(NN)nc(-c2cnn(C)c2)n1. The lowest BCUT2D eigenvalue weighted by Gasteiger charge is -2.05. The number of nitrogens with zero attached hydrogens (tertiary/aromatic N) is 4. The zero-order valence-corrected chi connectivity index (χ0v) is 9.71. The molecular weight excluding hydrogens is 220 g/mol. The maximum atomic E-state index is 5.37. The minimum absolute atomic E-state index is 0.407. The van der Waals surface area contributed by atoms with Crippen molar-refractivity contribution in [2.24, 2.45) is 12.9 Å². The van der Waals surface area contributed by atoms with Crippen molar-refractivity contribution in [3.8, 4) is 11.4 Å². The van der Waals surface area contributed by atoms with Gasteiger partial charge in [-0.2, -0.15) is 5.10 Å². The average molecular weight is 234 g/mol. The molecule has 0 radical (unpaired) electrons. The van der Waals surface area contributed by atoms with Gasteiger partial charge in [0.2, 0.25) is 0 Å². The molecule has 0 unspecified atom stereocenters. The molecule has 0 aromatic carbocycles. The smallest absolute Gasteiger partial charge is 0.165 e. The average Bonchev–Trinajstić information content (AvgIpc) is 2.76. The Balaban J connectivity index is 2.42. The third kappa shape index (κ3) is 2.58. The molecule has 0 saturated heterocycles. The molecule has 0 saturated carbocycles. The maximum Gasteiger partial charge on any atom is 0.165 e. The Hall–Kier alpha value is -1.99. The van der Waals surface area contributed by atoms with Gasteiger partial charge >= 0.3 is 0 Å². The van der Waals surface area contributed by atoms with Crippen LogP contribution in [0.3, 0.4) is 0 Å². The molecule has 2 rings (SSSR count). The normalized spacial score (nSPS) is 10.5. The van der Waals surface area contributed by atoms with E-state index >= 15 is 0 Å². The Morgan fingerprint density at radius 3 is 2.88 bits per heavy atom. The molecule has 3 N–H and O–H groups in total. The zero-order valence-electron chi connectivity index (χ0n) is 9.71. The fourth-order valence-electron chi connectivity index (χ4n) is 1.46. The van der Waals surface area contributed by atoms with Gasteiger partial charge in [0.05, 0.1) is 24.1 Å². The molecule has 0 fully saturated rings. The van der Waals surface area contributed by atoms with Crippen molar-refractivity contribution in [1.29, 1.82) is 0 Å². The Kier molecular flexibility index (Phi) is 3.31. The van der Waals surface area contributed by atoms with Crippen molar-refractivity contribution in [2.75, 3.05) is 12.5 Å². The summed E-state index contributed by atoms with van der Waals surface area (Å²) in [5.41, 5.74) is 4.10. The molecule has 90 valence electrons. The number of aryl methyl sites for hydroxylation is 1. The number of ether oxygens (including phenoxy) is 1. The highest BCUT2D eigenvalue weighted by atomic mass is 16.5. The highest BCUT2D eigenvalue weighted by Gasteiger charge is 2.08. The summed E-state index contributed by atoms with van der Waals surface area (Å²) in [7, 11) is 3.45. The third-order valence-corrected chi connectivity index (χ3v) is 2.18. The first-order valence-electron chi connectivity index (χ1n) is 5.05. The van der Waals surface area contributed by atoms with Crippen LogP contribution >= 0.6 is 0 Å². The van der Waals surface area contributed by atoms with Gasteiger partial charge in [0.25, 0.3) is 0 Å². The monoisotopic (exact) mass is 234 g/mol. The van der Waals surface area contributed by atoms with E-state index in [1.807, 2.05) is 13.2 Å². The van der Waals surface area contributed by atoms with Crippen molar-refractivity contribution >= 4 is 5.82 Å². The summed E-state index contributed by atoms with van der Waals surface area (Å²) in [6.45, 7) is 0.407. The van der Waals surface area contributed by atoms with Crippen LogP contribution in [0.25, 0.3) is 11.4 Å². The standard InChI is InChI=1S/C10H14N6O/c1-16-5-7(4-12-16)10-13-8(6-17-2)3-9(14-10)15-11/h3-5H,6,11H2,1-2H3,(H,13,14,15). The molecule has 0 aliphatic heterocycles. The number of methoxy groups -OCH3 is 1. The molecule has 0 amide bonds. The molecule has 17 heavy (non-hydrogen) atoms. The van der Waals surface area contributed by atoms with Crippen molar-refractivity contribution in [3.05, 3.63) is 24.2 Å². The molecule has 7 nitrogen and oxygen atoms in total. The largest absolute Gasteiger partial charge is 0.378 e. The van der Waals surface area contributed by atoms with Crippen LogP contribution in [0.5, 0.6) is 0 Å². The van der Waals surface area contributed by atoms with Crippen LogP contribution in [-0.2, 0) is 18.4 Å². The van der Waals surface area contributed by atoms with Gasteiger partial charge in [-0.1, -0.05) is 0 Å². The van der Waals surface area contributed by atoms with Gasteiger partial charge in [-0.25, -0.2) is 15.8 Å². The van der Waals surface area contributed by atoms with Crippen LogP contribution in [0.1, 0.15) is 5.69 Å². The maximum absolute atomic E-state index is 5.37. The van der Waals surface area contributed by atoms with E-state index in [0.717, 1.165) is 11.3 Å². The molecular formula is C10H14N6O. The van der Waals surface area contributed by atoms with E-state index in [0.29, 0.717) is 18.2 Å². The predicted molar refractivity (Wildman–Crippen MR) is 62.8 cm³/mol. The first kappa shape index (κ1) is 11.5. The van der Waals surface area contributed by atoms with Gasteiger partial charge in [-0.3, -0.25) is 4.68 Å².